The molecule has 0 aliphatic carbocycles. The van der Waals surface area contributed by atoms with Crippen LogP contribution in [0.4, 0.5) is 0 Å². The number of carbonyl (C=O) groups is 1. The van der Waals surface area contributed by atoms with E-state index in [-0.39, 0.29) is 5.78 Å². The summed E-state index contributed by atoms with van der Waals surface area (Å²) in [5.74, 6) is 0.0354. The van der Waals surface area contributed by atoms with Crippen LogP contribution in [0.25, 0.3) is 0 Å². The van der Waals surface area contributed by atoms with Crippen LogP contribution < -0.4 is 5.19 Å². The Labute approximate surface area is 127 Å². The zero-order valence-electron chi connectivity index (χ0n) is 12.4. The molecular formula is C17H20O3Si. The normalized spacial score (nSPS) is 10.8. The fraction of sp³-hybridized carbons (Fsp3) is 0.235. The molecule has 0 unspecified atom stereocenters. The second-order valence-corrected chi connectivity index (χ2v) is 6.56. The van der Waals surface area contributed by atoms with E-state index in [1.165, 1.54) is 0 Å². The molecule has 0 aromatic heterocycles. The smallest absolute Gasteiger partial charge is 0.355 e. The van der Waals surface area contributed by atoms with Crippen LogP contribution in [0.3, 0.4) is 0 Å². The predicted molar refractivity (Wildman–Crippen MR) is 86.4 cm³/mol. The SMILES string of the molecule is CCO[SiH](OCC)c1ccc(C(=O)c2ccccc2)cc1. The van der Waals surface area contributed by atoms with E-state index in [1.807, 2.05) is 68.4 Å². The van der Waals surface area contributed by atoms with Crippen LogP contribution in [0.1, 0.15) is 29.8 Å². The Morgan fingerprint density at radius 1 is 0.857 bits per heavy atom. The zero-order valence-corrected chi connectivity index (χ0v) is 13.6. The van der Waals surface area contributed by atoms with Gasteiger partial charge in [0, 0.05) is 24.3 Å². The third-order valence-corrected chi connectivity index (χ3v) is 5.32. The van der Waals surface area contributed by atoms with E-state index in [4.69, 9.17) is 8.85 Å². The topological polar surface area (TPSA) is 35.5 Å². The molecule has 2 aromatic rings. The zero-order chi connectivity index (χ0) is 15.1. The van der Waals surface area contributed by atoms with E-state index in [2.05, 4.69) is 0 Å². The average Bonchev–Trinajstić information content (AvgIpc) is 2.55. The molecule has 21 heavy (non-hydrogen) atoms. The standard InChI is InChI=1S/C17H20O3Si/c1-3-19-21(20-4-2)16-12-10-15(11-13-16)17(18)14-8-6-5-7-9-14/h5-13,21H,3-4H2,1-2H3. The van der Waals surface area contributed by atoms with Gasteiger partial charge in [0.25, 0.3) is 0 Å². The van der Waals surface area contributed by atoms with Crippen molar-refractivity contribution in [3.8, 4) is 0 Å². The first-order valence-electron chi connectivity index (χ1n) is 7.19. The van der Waals surface area contributed by atoms with Gasteiger partial charge in [-0.2, -0.15) is 0 Å². The molecule has 0 radical (unpaired) electrons. The quantitative estimate of drug-likeness (QED) is 0.582. The van der Waals surface area contributed by atoms with Crippen LogP contribution in [-0.2, 0) is 8.85 Å². The molecule has 2 rings (SSSR count). The second kappa shape index (κ2) is 7.88. The van der Waals surface area contributed by atoms with Crippen LogP contribution in [-0.4, -0.2) is 28.3 Å². The van der Waals surface area contributed by atoms with Crippen molar-refractivity contribution in [3.63, 3.8) is 0 Å². The third kappa shape index (κ3) is 4.11. The van der Waals surface area contributed by atoms with Crippen LogP contribution >= 0.6 is 0 Å². The van der Waals surface area contributed by atoms with Crippen molar-refractivity contribution in [2.45, 2.75) is 13.8 Å². The Bertz CT molecular complexity index is 560. The van der Waals surface area contributed by atoms with Gasteiger partial charge in [-0.25, -0.2) is 0 Å². The second-order valence-electron chi connectivity index (χ2n) is 4.56. The van der Waals surface area contributed by atoms with Crippen molar-refractivity contribution >= 4 is 20.3 Å². The van der Waals surface area contributed by atoms with E-state index in [1.54, 1.807) is 0 Å². The van der Waals surface area contributed by atoms with Crippen molar-refractivity contribution in [1.82, 2.24) is 0 Å². The van der Waals surface area contributed by atoms with Gasteiger partial charge in [-0.05, 0) is 19.0 Å². The van der Waals surface area contributed by atoms with Crippen LogP contribution in [0.15, 0.2) is 54.6 Å². The van der Waals surface area contributed by atoms with Crippen molar-refractivity contribution in [3.05, 3.63) is 65.7 Å². The third-order valence-electron chi connectivity index (χ3n) is 3.12. The first-order valence-corrected chi connectivity index (χ1v) is 8.71. The Morgan fingerprint density at radius 3 is 1.90 bits per heavy atom. The lowest BCUT2D eigenvalue weighted by molar-refractivity contribution is 0.103. The molecular weight excluding hydrogens is 280 g/mol. The van der Waals surface area contributed by atoms with Crippen molar-refractivity contribution < 1.29 is 13.6 Å². The maximum absolute atomic E-state index is 12.3. The lowest BCUT2D eigenvalue weighted by Crippen LogP contribution is -2.37. The first kappa shape index (κ1) is 15.6. The number of rotatable bonds is 7. The molecule has 2 aromatic carbocycles. The molecule has 3 nitrogen and oxygen atoms in total. The van der Waals surface area contributed by atoms with Gasteiger partial charge in [-0.1, -0.05) is 54.6 Å². The number of carbonyl (C=O) groups excluding carboxylic acids is 1. The molecule has 0 aliphatic heterocycles. The molecule has 0 saturated carbocycles. The highest BCUT2D eigenvalue weighted by molar-refractivity contribution is 6.61. The van der Waals surface area contributed by atoms with E-state index < -0.39 is 9.28 Å². The van der Waals surface area contributed by atoms with Crippen molar-refractivity contribution in [2.75, 3.05) is 13.2 Å². The van der Waals surface area contributed by atoms with Gasteiger partial charge in [0.2, 0.25) is 0 Å². The van der Waals surface area contributed by atoms with Crippen LogP contribution in [0.5, 0.6) is 0 Å². The van der Waals surface area contributed by atoms with Crippen molar-refractivity contribution in [2.24, 2.45) is 0 Å². The van der Waals surface area contributed by atoms with E-state index >= 15 is 0 Å². The Kier molecular flexibility index (Phi) is 5.86. The number of benzene rings is 2. The molecule has 0 amide bonds. The summed E-state index contributed by atoms with van der Waals surface area (Å²) in [5.41, 5.74) is 1.39. The highest BCUT2D eigenvalue weighted by atomic mass is 28.3. The van der Waals surface area contributed by atoms with Gasteiger partial charge in [0.05, 0.1) is 0 Å². The highest BCUT2D eigenvalue weighted by Gasteiger charge is 2.16. The van der Waals surface area contributed by atoms with Crippen LogP contribution in [0.2, 0.25) is 0 Å². The van der Waals surface area contributed by atoms with Gasteiger partial charge in [0.1, 0.15) is 0 Å². The molecule has 0 aliphatic rings. The average molecular weight is 300 g/mol. The van der Waals surface area contributed by atoms with Gasteiger partial charge >= 0.3 is 9.28 Å². The maximum atomic E-state index is 12.3. The van der Waals surface area contributed by atoms with Gasteiger partial charge in [0.15, 0.2) is 5.78 Å². The molecule has 4 heteroatoms. The molecule has 0 fully saturated rings. The first-order chi connectivity index (χ1) is 10.3. The molecule has 0 N–H and O–H groups in total. The number of ketones is 1. The lowest BCUT2D eigenvalue weighted by Gasteiger charge is -2.15. The predicted octanol–water partition coefficient (Wildman–Crippen LogP) is 2.42. The van der Waals surface area contributed by atoms with Gasteiger partial charge in [-0.15, -0.1) is 0 Å². The molecule has 0 bridgehead atoms. The van der Waals surface area contributed by atoms with E-state index in [0.29, 0.717) is 24.3 Å². The van der Waals surface area contributed by atoms with Gasteiger partial charge in [-0.3, -0.25) is 4.79 Å². The summed E-state index contributed by atoms with van der Waals surface area (Å²) in [6, 6.07) is 16.9. The van der Waals surface area contributed by atoms with E-state index in [0.717, 1.165) is 5.19 Å². The maximum Gasteiger partial charge on any atom is 0.355 e. The largest absolute Gasteiger partial charge is 0.394 e. The molecule has 110 valence electrons. The summed E-state index contributed by atoms with van der Waals surface area (Å²) in [7, 11) is -1.83. The van der Waals surface area contributed by atoms with Crippen molar-refractivity contribution in [1.29, 1.82) is 0 Å². The number of hydrogen-bond donors (Lipinski definition) is 0. The minimum atomic E-state index is -1.83. The Morgan fingerprint density at radius 2 is 1.38 bits per heavy atom. The lowest BCUT2D eigenvalue weighted by atomic mass is 10.0. The minimum Gasteiger partial charge on any atom is -0.394 e. The van der Waals surface area contributed by atoms with E-state index in [9.17, 15) is 4.79 Å². The molecule has 0 saturated heterocycles. The summed E-state index contributed by atoms with van der Waals surface area (Å²) in [4.78, 5) is 12.3. The van der Waals surface area contributed by atoms with Gasteiger partial charge < -0.3 is 8.85 Å². The fourth-order valence-electron chi connectivity index (χ4n) is 2.09. The highest BCUT2D eigenvalue weighted by Crippen LogP contribution is 2.09. The van der Waals surface area contributed by atoms with Crippen LogP contribution in [0, 0.1) is 0 Å². The monoisotopic (exact) mass is 300 g/mol. The molecule has 0 spiro atoms. The molecule has 0 atom stereocenters. The fourth-order valence-corrected chi connectivity index (χ4v) is 3.68. The summed E-state index contributed by atoms with van der Waals surface area (Å²) >= 11 is 0. The number of hydrogen-bond acceptors (Lipinski definition) is 3. The summed E-state index contributed by atoms with van der Waals surface area (Å²) in [6.45, 7) is 5.21. The molecule has 0 heterocycles. The summed E-state index contributed by atoms with van der Waals surface area (Å²) in [5, 5.41) is 1.06. The minimum absolute atomic E-state index is 0.0354. The summed E-state index contributed by atoms with van der Waals surface area (Å²) in [6.07, 6.45) is 0. The Balaban J connectivity index is 2.16. The summed E-state index contributed by atoms with van der Waals surface area (Å²) < 4.78 is 11.4. The Hall–Kier alpha value is -1.75.